The van der Waals surface area contributed by atoms with Gasteiger partial charge in [-0.25, -0.2) is 0 Å². The molecule has 0 amide bonds. The lowest BCUT2D eigenvalue weighted by atomic mass is 9.40. The Labute approximate surface area is 94.6 Å². The van der Waals surface area contributed by atoms with Crippen molar-refractivity contribution in [3.05, 3.63) is 0 Å². The van der Waals surface area contributed by atoms with Crippen LogP contribution in [0.3, 0.4) is 0 Å². The fourth-order valence-electron chi connectivity index (χ4n) is 5.76. The van der Waals surface area contributed by atoms with Crippen molar-refractivity contribution < 1.29 is 13.2 Å². The normalized spacial score (nSPS) is 55.7. The molecule has 0 heterocycles. The molecule has 4 fully saturated rings. The molecule has 0 nitrogen and oxygen atoms in total. The van der Waals surface area contributed by atoms with Crippen molar-refractivity contribution in [1.82, 2.24) is 0 Å². The predicted octanol–water partition coefficient (Wildman–Crippen LogP) is 4.55. The van der Waals surface area contributed by atoms with E-state index in [4.69, 9.17) is 0 Å². The van der Waals surface area contributed by atoms with Gasteiger partial charge in [0.15, 0.2) is 0 Å². The Hall–Kier alpha value is -0.210. The molecule has 0 saturated heterocycles. The van der Waals surface area contributed by atoms with Gasteiger partial charge in [0.2, 0.25) is 0 Å². The van der Waals surface area contributed by atoms with Crippen LogP contribution in [0.2, 0.25) is 0 Å². The van der Waals surface area contributed by atoms with Crippen LogP contribution in [0.1, 0.15) is 52.4 Å². The summed E-state index contributed by atoms with van der Waals surface area (Å²) in [5, 5.41) is 0. The SMILES string of the molecule is CC12CC3CC(C)(C1)CC(C(F)(F)F)(C3)C2. The Morgan fingerprint density at radius 3 is 1.75 bits per heavy atom. The molecule has 0 radical (unpaired) electrons. The topological polar surface area (TPSA) is 0 Å². The van der Waals surface area contributed by atoms with Gasteiger partial charge in [-0.3, -0.25) is 0 Å². The lowest BCUT2D eigenvalue weighted by molar-refractivity contribution is -0.298. The van der Waals surface area contributed by atoms with Gasteiger partial charge in [0, 0.05) is 0 Å². The highest BCUT2D eigenvalue weighted by Crippen LogP contribution is 2.72. The summed E-state index contributed by atoms with van der Waals surface area (Å²) in [6.45, 7) is 4.16. The molecule has 0 aromatic rings. The number of rotatable bonds is 0. The summed E-state index contributed by atoms with van der Waals surface area (Å²) in [7, 11) is 0. The highest BCUT2D eigenvalue weighted by atomic mass is 19.4. The Kier molecular flexibility index (Phi) is 1.78. The second-order valence-electron chi connectivity index (χ2n) is 7.41. The Morgan fingerprint density at radius 2 is 1.38 bits per heavy atom. The molecule has 4 rings (SSSR count). The van der Waals surface area contributed by atoms with Crippen LogP contribution in [-0.4, -0.2) is 6.18 Å². The molecule has 16 heavy (non-hydrogen) atoms. The first-order valence-corrected chi connectivity index (χ1v) is 6.22. The Morgan fingerprint density at radius 1 is 0.875 bits per heavy atom. The van der Waals surface area contributed by atoms with E-state index >= 15 is 0 Å². The average Bonchev–Trinajstić information content (AvgIpc) is 1.92. The highest BCUT2D eigenvalue weighted by molar-refractivity contribution is 5.12. The minimum atomic E-state index is -3.99. The minimum absolute atomic E-state index is 0.0380. The first-order valence-electron chi connectivity index (χ1n) is 6.22. The summed E-state index contributed by atoms with van der Waals surface area (Å²) >= 11 is 0. The summed E-state index contributed by atoms with van der Waals surface area (Å²) in [6, 6.07) is 0. The van der Waals surface area contributed by atoms with Crippen LogP contribution in [-0.2, 0) is 0 Å². The van der Waals surface area contributed by atoms with E-state index in [-0.39, 0.29) is 10.8 Å². The van der Waals surface area contributed by atoms with Crippen LogP contribution in [0, 0.1) is 22.2 Å². The zero-order chi connectivity index (χ0) is 11.8. The zero-order valence-corrected chi connectivity index (χ0v) is 9.95. The van der Waals surface area contributed by atoms with Gasteiger partial charge in [-0.05, 0) is 55.3 Å². The van der Waals surface area contributed by atoms with Crippen molar-refractivity contribution in [2.24, 2.45) is 22.2 Å². The lowest BCUT2D eigenvalue weighted by Gasteiger charge is -2.65. The standard InChI is InChI=1S/C13H19F3/c1-10-3-9-4-11(2,6-10)8-12(5-9,7-10)13(14,15)16/h9H,3-8H2,1-2H3. The molecule has 2 atom stereocenters. The molecule has 92 valence electrons. The van der Waals surface area contributed by atoms with Crippen LogP contribution >= 0.6 is 0 Å². The Balaban J connectivity index is 2.05. The summed E-state index contributed by atoms with van der Waals surface area (Å²) < 4.78 is 40.0. The van der Waals surface area contributed by atoms with E-state index in [2.05, 4.69) is 13.8 Å². The molecule has 3 heteroatoms. The fourth-order valence-corrected chi connectivity index (χ4v) is 5.76. The third kappa shape index (κ3) is 1.29. The highest BCUT2D eigenvalue weighted by Gasteiger charge is 2.68. The van der Waals surface area contributed by atoms with Crippen molar-refractivity contribution in [1.29, 1.82) is 0 Å². The molecule has 0 aromatic carbocycles. The molecule has 2 unspecified atom stereocenters. The van der Waals surface area contributed by atoms with Gasteiger partial charge < -0.3 is 0 Å². The first kappa shape index (κ1) is 10.9. The minimum Gasteiger partial charge on any atom is -0.171 e. The van der Waals surface area contributed by atoms with Gasteiger partial charge in [0.1, 0.15) is 0 Å². The van der Waals surface area contributed by atoms with E-state index < -0.39 is 11.6 Å². The van der Waals surface area contributed by atoms with Crippen LogP contribution in [0.4, 0.5) is 13.2 Å². The number of hydrogen-bond acceptors (Lipinski definition) is 0. The second-order valence-corrected chi connectivity index (χ2v) is 7.41. The molecule has 0 N–H and O–H groups in total. The predicted molar refractivity (Wildman–Crippen MR) is 55.9 cm³/mol. The van der Waals surface area contributed by atoms with Crippen molar-refractivity contribution in [2.75, 3.05) is 0 Å². The zero-order valence-electron chi connectivity index (χ0n) is 9.95. The lowest BCUT2D eigenvalue weighted by Crippen LogP contribution is -2.59. The summed E-state index contributed by atoms with van der Waals surface area (Å²) in [4.78, 5) is 0. The molecular weight excluding hydrogens is 213 g/mol. The average molecular weight is 232 g/mol. The van der Waals surface area contributed by atoms with Crippen molar-refractivity contribution in [3.63, 3.8) is 0 Å². The molecule has 4 bridgehead atoms. The molecule has 4 aliphatic carbocycles. The summed E-state index contributed by atoms with van der Waals surface area (Å²) in [5.74, 6) is 0.327. The van der Waals surface area contributed by atoms with Crippen LogP contribution in [0.5, 0.6) is 0 Å². The van der Waals surface area contributed by atoms with Crippen LogP contribution in [0.15, 0.2) is 0 Å². The quantitative estimate of drug-likeness (QED) is 0.575. The number of halogens is 3. The monoisotopic (exact) mass is 232 g/mol. The van der Waals surface area contributed by atoms with E-state index in [0.717, 1.165) is 19.3 Å². The number of hydrogen-bond donors (Lipinski definition) is 0. The van der Waals surface area contributed by atoms with E-state index in [0.29, 0.717) is 25.2 Å². The van der Waals surface area contributed by atoms with Gasteiger partial charge in [0.25, 0.3) is 0 Å². The largest absolute Gasteiger partial charge is 0.394 e. The third-order valence-corrected chi connectivity index (χ3v) is 5.23. The van der Waals surface area contributed by atoms with Gasteiger partial charge in [-0.2, -0.15) is 13.2 Å². The van der Waals surface area contributed by atoms with Crippen LogP contribution in [0.25, 0.3) is 0 Å². The van der Waals surface area contributed by atoms with Crippen LogP contribution < -0.4 is 0 Å². The first-order chi connectivity index (χ1) is 7.16. The smallest absolute Gasteiger partial charge is 0.171 e. The maximum Gasteiger partial charge on any atom is 0.394 e. The van der Waals surface area contributed by atoms with E-state index in [1.54, 1.807) is 0 Å². The van der Waals surface area contributed by atoms with Gasteiger partial charge >= 0.3 is 6.18 Å². The van der Waals surface area contributed by atoms with E-state index in [1.165, 1.54) is 0 Å². The van der Waals surface area contributed by atoms with Crippen molar-refractivity contribution >= 4 is 0 Å². The van der Waals surface area contributed by atoms with E-state index in [9.17, 15) is 13.2 Å². The molecule has 0 aromatic heterocycles. The second kappa shape index (κ2) is 2.62. The molecule has 4 aliphatic rings. The molecule has 0 spiro atoms. The number of alkyl halides is 3. The Bertz CT molecular complexity index is 313. The molecular formula is C13H19F3. The summed E-state index contributed by atoms with van der Waals surface area (Å²) in [5.41, 5.74) is -1.41. The van der Waals surface area contributed by atoms with E-state index in [1.807, 2.05) is 0 Å². The summed E-state index contributed by atoms with van der Waals surface area (Å²) in [6.07, 6.45) is 0.247. The molecule has 0 aliphatic heterocycles. The van der Waals surface area contributed by atoms with Crippen molar-refractivity contribution in [3.8, 4) is 0 Å². The van der Waals surface area contributed by atoms with Gasteiger partial charge in [0.05, 0.1) is 5.41 Å². The molecule has 4 saturated carbocycles. The maximum atomic E-state index is 13.3. The maximum absolute atomic E-state index is 13.3. The van der Waals surface area contributed by atoms with Gasteiger partial charge in [-0.15, -0.1) is 0 Å². The fraction of sp³-hybridized carbons (Fsp3) is 1.00. The van der Waals surface area contributed by atoms with Gasteiger partial charge in [-0.1, -0.05) is 13.8 Å². The third-order valence-electron chi connectivity index (χ3n) is 5.23. The van der Waals surface area contributed by atoms with Crippen molar-refractivity contribution in [2.45, 2.75) is 58.5 Å².